The molecule has 0 bridgehead atoms. The Kier molecular flexibility index (Phi) is 4.51. The molecule has 0 aliphatic rings. The fourth-order valence-corrected chi connectivity index (χ4v) is 2.03. The van der Waals surface area contributed by atoms with E-state index in [9.17, 15) is 0 Å². The number of hydrogen-bond donors (Lipinski definition) is 0. The fourth-order valence-electron chi connectivity index (χ4n) is 1.84. The lowest BCUT2D eigenvalue weighted by atomic mass is 10.1. The van der Waals surface area contributed by atoms with Crippen LogP contribution < -0.4 is 0 Å². The van der Waals surface area contributed by atoms with Crippen molar-refractivity contribution >= 4 is 11.6 Å². The smallest absolute Gasteiger partial charge is 0.136 e. The molecule has 1 heterocycles. The molecule has 19 heavy (non-hydrogen) atoms. The molecule has 1 aromatic carbocycles. The van der Waals surface area contributed by atoms with E-state index in [2.05, 4.69) is 9.97 Å². The zero-order valence-corrected chi connectivity index (χ0v) is 12.1. The van der Waals surface area contributed by atoms with Crippen molar-refractivity contribution in [2.24, 2.45) is 0 Å². The first-order chi connectivity index (χ1) is 9.11. The summed E-state index contributed by atoms with van der Waals surface area (Å²) in [6.45, 7) is 3.92. The molecular formula is C15H17ClN2O. The third kappa shape index (κ3) is 3.31. The molecule has 0 aliphatic carbocycles. The van der Waals surface area contributed by atoms with E-state index >= 15 is 0 Å². The second-order valence-electron chi connectivity index (χ2n) is 4.52. The number of ether oxygens (including phenoxy) is 1. The largest absolute Gasteiger partial charge is 0.381 e. The highest BCUT2D eigenvalue weighted by Gasteiger charge is 2.13. The third-order valence-electron chi connectivity index (χ3n) is 3.05. The van der Waals surface area contributed by atoms with Gasteiger partial charge in [-0.15, -0.1) is 0 Å². The molecule has 2 aromatic rings. The van der Waals surface area contributed by atoms with Crippen molar-refractivity contribution in [2.45, 2.75) is 26.4 Å². The van der Waals surface area contributed by atoms with Gasteiger partial charge in [0, 0.05) is 24.7 Å². The van der Waals surface area contributed by atoms with Crippen LogP contribution in [0, 0.1) is 6.92 Å². The normalized spacial score (nSPS) is 12.4. The van der Waals surface area contributed by atoms with Gasteiger partial charge in [-0.25, -0.2) is 9.97 Å². The van der Waals surface area contributed by atoms with Gasteiger partial charge < -0.3 is 4.74 Å². The molecule has 4 heteroatoms. The van der Waals surface area contributed by atoms with Crippen LogP contribution in [-0.4, -0.2) is 23.2 Å². The van der Waals surface area contributed by atoms with Gasteiger partial charge in [-0.1, -0.05) is 41.9 Å². The van der Waals surface area contributed by atoms with E-state index < -0.39 is 0 Å². The molecule has 0 fully saturated rings. The molecule has 1 aromatic heterocycles. The van der Waals surface area contributed by atoms with Gasteiger partial charge in [-0.3, -0.25) is 0 Å². The summed E-state index contributed by atoms with van der Waals surface area (Å²) < 4.78 is 5.25. The number of hydrogen-bond acceptors (Lipinski definition) is 3. The molecule has 0 saturated heterocycles. The van der Waals surface area contributed by atoms with E-state index in [1.165, 1.54) is 0 Å². The predicted octanol–water partition coefficient (Wildman–Crippen LogP) is 3.68. The second-order valence-corrected chi connectivity index (χ2v) is 4.88. The average molecular weight is 277 g/mol. The molecule has 1 atom stereocenters. The van der Waals surface area contributed by atoms with Crippen molar-refractivity contribution in [3.63, 3.8) is 0 Å². The number of nitrogens with zero attached hydrogens (tertiary/aromatic N) is 2. The van der Waals surface area contributed by atoms with Crippen LogP contribution in [0.3, 0.4) is 0 Å². The highest BCUT2D eigenvalue weighted by atomic mass is 35.5. The third-order valence-corrected chi connectivity index (χ3v) is 3.42. The monoisotopic (exact) mass is 276 g/mol. The Bertz CT molecular complexity index is 558. The minimum atomic E-state index is 0.0717. The van der Waals surface area contributed by atoms with Crippen LogP contribution in [0.15, 0.2) is 30.3 Å². The van der Waals surface area contributed by atoms with Gasteiger partial charge in [0.05, 0.1) is 11.8 Å². The summed E-state index contributed by atoms with van der Waals surface area (Å²) in [6, 6.07) is 10.0. The van der Waals surface area contributed by atoms with E-state index in [0.717, 1.165) is 16.8 Å². The molecule has 0 saturated carbocycles. The number of benzene rings is 1. The number of halogens is 1. The van der Waals surface area contributed by atoms with Gasteiger partial charge in [0.15, 0.2) is 0 Å². The minimum Gasteiger partial charge on any atom is -0.381 e. The number of rotatable bonds is 4. The van der Waals surface area contributed by atoms with Crippen LogP contribution in [0.25, 0.3) is 11.3 Å². The summed E-state index contributed by atoms with van der Waals surface area (Å²) in [5.74, 6) is 0.712. The van der Waals surface area contributed by atoms with Crippen LogP contribution in [-0.2, 0) is 11.2 Å². The zero-order valence-electron chi connectivity index (χ0n) is 11.4. The van der Waals surface area contributed by atoms with Crippen LogP contribution in [0.4, 0.5) is 0 Å². The Morgan fingerprint density at radius 1 is 1.21 bits per heavy atom. The SMILES string of the molecule is COC(C)Cc1nc(Cl)c(C)c(-c2ccccc2)n1. The average Bonchev–Trinajstić information content (AvgIpc) is 2.43. The first-order valence-electron chi connectivity index (χ1n) is 6.23. The highest BCUT2D eigenvalue weighted by molar-refractivity contribution is 6.30. The quantitative estimate of drug-likeness (QED) is 0.799. The van der Waals surface area contributed by atoms with Crippen LogP contribution >= 0.6 is 11.6 Å². The predicted molar refractivity (Wildman–Crippen MR) is 77.4 cm³/mol. The number of methoxy groups -OCH3 is 1. The maximum atomic E-state index is 6.20. The van der Waals surface area contributed by atoms with Crippen LogP contribution in [0.2, 0.25) is 5.15 Å². The zero-order chi connectivity index (χ0) is 13.8. The van der Waals surface area contributed by atoms with Crippen molar-refractivity contribution < 1.29 is 4.74 Å². The number of aromatic nitrogens is 2. The minimum absolute atomic E-state index is 0.0717. The molecule has 0 spiro atoms. The van der Waals surface area contributed by atoms with Crippen molar-refractivity contribution in [1.29, 1.82) is 0 Å². The Balaban J connectivity index is 2.43. The van der Waals surface area contributed by atoms with Crippen molar-refractivity contribution in [3.8, 4) is 11.3 Å². The Labute approximate surface area is 118 Å². The standard InChI is InChI=1S/C15H17ClN2O/c1-10(19-3)9-13-17-14(11(2)15(16)18-13)12-7-5-4-6-8-12/h4-8,10H,9H2,1-3H3. The summed E-state index contributed by atoms with van der Waals surface area (Å²) in [6.07, 6.45) is 0.721. The van der Waals surface area contributed by atoms with Crippen LogP contribution in [0.1, 0.15) is 18.3 Å². The summed E-state index contributed by atoms with van der Waals surface area (Å²) in [7, 11) is 1.68. The summed E-state index contributed by atoms with van der Waals surface area (Å²) in [4.78, 5) is 8.94. The molecule has 1 unspecified atom stereocenters. The Morgan fingerprint density at radius 2 is 1.89 bits per heavy atom. The topological polar surface area (TPSA) is 35.0 Å². The van der Waals surface area contributed by atoms with E-state index in [1.54, 1.807) is 7.11 Å². The maximum Gasteiger partial charge on any atom is 0.136 e. The summed E-state index contributed by atoms with van der Waals surface area (Å²) in [5.41, 5.74) is 2.84. The van der Waals surface area contributed by atoms with Gasteiger partial charge in [0.25, 0.3) is 0 Å². The van der Waals surface area contributed by atoms with E-state index in [1.807, 2.05) is 44.2 Å². The van der Waals surface area contributed by atoms with Crippen LogP contribution in [0.5, 0.6) is 0 Å². The molecule has 0 aliphatic heterocycles. The highest BCUT2D eigenvalue weighted by Crippen LogP contribution is 2.25. The van der Waals surface area contributed by atoms with Gasteiger partial charge in [0.1, 0.15) is 11.0 Å². The fraction of sp³-hybridized carbons (Fsp3) is 0.333. The molecular weight excluding hydrogens is 260 g/mol. The van der Waals surface area contributed by atoms with Crippen molar-refractivity contribution in [3.05, 3.63) is 46.9 Å². The molecule has 3 nitrogen and oxygen atoms in total. The summed E-state index contributed by atoms with van der Waals surface area (Å²) >= 11 is 6.20. The molecule has 2 rings (SSSR count). The van der Waals surface area contributed by atoms with E-state index in [0.29, 0.717) is 17.4 Å². The van der Waals surface area contributed by atoms with Gasteiger partial charge in [0.2, 0.25) is 0 Å². The second kappa shape index (κ2) is 6.13. The molecule has 0 N–H and O–H groups in total. The van der Waals surface area contributed by atoms with Gasteiger partial charge in [-0.2, -0.15) is 0 Å². The first-order valence-corrected chi connectivity index (χ1v) is 6.61. The van der Waals surface area contributed by atoms with Gasteiger partial charge in [-0.05, 0) is 13.8 Å². The first kappa shape index (κ1) is 14.0. The lowest BCUT2D eigenvalue weighted by Crippen LogP contribution is -2.12. The van der Waals surface area contributed by atoms with Crippen molar-refractivity contribution in [2.75, 3.05) is 7.11 Å². The van der Waals surface area contributed by atoms with E-state index in [4.69, 9.17) is 16.3 Å². The Hall–Kier alpha value is -1.45. The lowest BCUT2D eigenvalue weighted by molar-refractivity contribution is 0.117. The summed E-state index contributed by atoms with van der Waals surface area (Å²) in [5, 5.41) is 0.507. The Morgan fingerprint density at radius 3 is 2.53 bits per heavy atom. The van der Waals surface area contributed by atoms with Crippen molar-refractivity contribution in [1.82, 2.24) is 9.97 Å². The molecule has 100 valence electrons. The molecule has 0 radical (unpaired) electrons. The lowest BCUT2D eigenvalue weighted by Gasteiger charge is -2.12. The molecule has 0 amide bonds. The maximum absolute atomic E-state index is 6.20. The van der Waals surface area contributed by atoms with Gasteiger partial charge >= 0.3 is 0 Å². The van der Waals surface area contributed by atoms with E-state index in [-0.39, 0.29) is 6.10 Å².